The number of piperidine rings is 1. The van der Waals surface area contributed by atoms with Crippen LogP contribution in [0.15, 0.2) is 16.2 Å². The van der Waals surface area contributed by atoms with Crippen LogP contribution in [-0.2, 0) is 6.54 Å². The number of hydrogen-bond acceptors (Lipinski definition) is 6. The van der Waals surface area contributed by atoms with Gasteiger partial charge in [-0.1, -0.05) is 6.42 Å². The Hall–Kier alpha value is -1.28. The highest BCUT2D eigenvalue weighted by Crippen LogP contribution is 2.22. The lowest BCUT2D eigenvalue weighted by Crippen LogP contribution is -2.45. The first kappa shape index (κ1) is 15.3. The lowest BCUT2D eigenvalue weighted by Gasteiger charge is -2.33. The molecule has 2 atom stereocenters. The smallest absolute Gasteiger partial charge is 0.268 e. The minimum absolute atomic E-state index is 0.0627. The molecule has 0 bridgehead atoms. The number of aliphatic hydroxyl groups excluding tert-OH is 1. The Labute approximate surface area is 138 Å². The van der Waals surface area contributed by atoms with E-state index in [9.17, 15) is 9.90 Å². The van der Waals surface area contributed by atoms with Crippen molar-refractivity contribution in [1.82, 2.24) is 19.8 Å². The van der Waals surface area contributed by atoms with Gasteiger partial charge in [-0.2, -0.15) is 0 Å². The Balaban J connectivity index is 1.47. The fourth-order valence-electron chi connectivity index (χ4n) is 3.79. The number of thiophene rings is 1. The van der Waals surface area contributed by atoms with E-state index in [1.807, 2.05) is 11.4 Å². The zero-order chi connectivity index (χ0) is 15.8. The van der Waals surface area contributed by atoms with Crippen molar-refractivity contribution >= 4 is 21.6 Å². The largest absolute Gasteiger partial charge is 0.390 e. The number of aliphatic hydroxyl groups is 1. The summed E-state index contributed by atoms with van der Waals surface area (Å²) in [4.78, 5) is 24.1. The molecule has 6 nitrogen and oxygen atoms in total. The summed E-state index contributed by atoms with van der Waals surface area (Å²) in [5.74, 6) is 0.687. The van der Waals surface area contributed by atoms with Gasteiger partial charge in [-0.25, -0.2) is 4.98 Å². The first-order chi connectivity index (χ1) is 11.2. The van der Waals surface area contributed by atoms with Crippen molar-refractivity contribution < 1.29 is 5.11 Å². The SMILES string of the molecule is O=c1[nH]c(CN2C[C@H](O)[C@@H](N3CCCCC3)C2)nc2ccsc12. The van der Waals surface area contributed by atoms with Crippen LogP contribution in [0.3, 0.4) is 0 Å². The molecule has 23 heavy (non-hydrogen) atoms. The van der Waals surface area contributed by atoms with Gasteiger partial charge in [0.2, 0.25) is 0 Å². The van der Waals surface area contributed by atoms with Gasteiger partial charge < -0.3 is 10.1 Å². The standard InChI is InChI=1S/C16H22N4O2S/c21-13-9-19(8-12(13)20-5-2-1-3-6-20)10-14-17-11-4-7-23-15(11)16(22)18-14/h4,7,12-13,21H,1-3,5-6,8-10H2,(H,17,18,22)/t12-,13-/m0/s1. The number of nitrogens with zero attached hydrogens (tertiary/aromatic N) is 3. The van der Waals surface area contributed by atoms with Crippen LogP contribution in [0.2, 0.25) is 0 Å². The predicted octanol–water partition coefficient (Wildman–Crippen LogP) is 1.02. The topological polar surface area (TPSA) is 72.5 Å². The summed E-state index contributed by atoms with van der Waals surface area (Å²) in [6.07, 6.45) is 3.44. The van der Waals surface area contributed by atoms with Crippen LogP contribution in [0.5, 0.6) is 0 Å². The quantitative estimate of drug-likeness (QED) is 0.877. The van der Waals surface area contributed by atoms with Gasteiger partial charge in [-0.15, -0.1) is 11.3 Å². The number of nitrogens with one attached hydrogen (secondary N) is 1. The molecule has 0 saturated carbocycles. The molecule has 2 aliphatic heterocycles. The molecule has 2 aromatic heterocycles. The van der Waals surface area contributed by atoms with Crippen molar-refractivity contribution in [3.63, 3.8) is 0 Å². The van der Waals surface area contributed by atoms with Gasteiger partial charge in [0.1, 0.15) is 10.5 Å². The van der Waals surface area contributed by atoms with E-state index in [0.717, 1.165) is 25.2 Å². The number of H-pyrrole nitrogens is 1. The predicted molar refractivity (Wildman–Crippen MR) is 90.7 cm³/mol. The number of fused-ring (bicyclic) bond motifs is 1. The highest BCUT2D eigenvalue weighted by molar-refractivity contribution is 7.17. The maximum atomic E-state index is 12.0. The van der Waals surface area contributed by atoms with Gasteiger partial charge in [-0.05, 0) is 37.4 Å². The minimum atomic E-state index is -0.315. The monoisotopic (exact) mass is 334 g/mol. The highest BCUT2D eigenvalue weighted by Gasteiger charge is 2.36. The normalized spacial score (nSPS) is 27.0. The van der Waals surface area contributed by atoms with E-state index in [1.54, 1.807) is 0 Å². The maximum absolute atomic E-state index is 12.0. The van der Waals surface area contributed by atoms with Crippen LogP contribution < -0.4 is 5.56 Å². The van der Waals surface area contributed by atoms with Gasteiger partial charge in [0.15, 0.2) is 0 Å². The third-order valence-electron chi connectivity index (χ3n) is 4.93. The van der Waals surface area contributed by atoms with Crippen LogP contribution in [0, 0.1) is 0 Å². The van der Waals surface area contributed by atoms with Crippen molar-refractivity contribution in [1.29, 1.82) is 0 Å². The minimum Gasteiger partial charge on any atom is -0.390 e. The summed E-state index contributed by atoms with van der Waals surface area (Å²) in [6.45, 7) is 4.25. The van der Waals surface area contributed by atoms with Gasteiger partial charge in [0, 0.05) is 19.1 Å². The maximum Gasteiger partial charge on any atom is 0.268 e. The molecule has 2 N–H and O–H groups in total. The average molecular weight is 334 g/mol. The van der Waals surface area contributed by atoms with E-state index < -0.39 is 0 Å². The molecule has 0 unspecified atom stereocenters. The van der Waals surface area contributed by atoms with Crippen molar-refractivity contribution in [2.45, 2.75) is 38.0 Å². The Morgan fingerprint density at radius 3 is 2.96 bits per heavy atom. The molecule has 0 aliphatic carbocycles. The first-order valence-corrected chi connectivity index (χ1v) is 9.19. The van der Waals surface area contributed by atoms with Gasteiger partial charge in [0.05, 0.1) is 18.2 Å². The average Bonchev–Trinajstić information content (AvgIpc) is 3.15. The van der Waals surface area contributed by atoms with Crippen LogP contribution in [-0.4, -0.2) is 63.2 Å². The Morgan fingerprint density at radius 1 is 1.30 bits per heavy atom. The van der Waals surface area contributed by atoms with Crippen LogP contribution in [0.4, 0.5) is 0 Å². The number of likely N-dealkylation sites (tertiary alicyclic amines) is 2. The molecule has 0 aromatic carbocycles. The molecule has 0 spiro atoms. The van der Waals surface area contributed by atoms with Crippen molar-refractivity contribution in [2.75, 3.05) is 26.2 Å². The van der Waals surface area contributed by atoms with Crippen LogP contribution >= 0.6 is 11.3 Å². The molecule has 0 radical (unpaired) electrons. The summed E-state index contributed by atoms with van der Waals surface area (Å²) in [7, 11) is 0. The van der Waals surface area contributed by atoms with E-state index in [0.29, 0.717) is 23.6 Å². The van der Waals surface area contributed by atoms with Crippen LogP contribution in [0.25, 0.3) is 10.2 Å². The van der Waals surface area contributed by atoms with E-state index in [-0.39, 0.29) is 17.7 Å². The fraction of sp³-hybridized carbons (Fsp3) is 0.625. The van der Waals surface area contributed by atoms with Gasteiger partial charge >= 0.3 is 0 Å². The zero-order valence-electron chi connectivity index (χ0n) is 13.1. The zero-order valence-corrected chi connectivity index (χ0v) is 13.9. The first-order valence-electron chi connectivity index (χ1n) is 8.31. The molecule has 4 heterocycles. The number of β-amino-alcohol motifs (C(OH)–C–C–N with tert-alkyl or cyclic N) is 1. The van der Waals surface area contributed by atoms with Gasteiger partial charge in [0.25, 0.3) is 5.56 Å². The summed E-state index contributed by atoms with van der Waals surface area (Å²) in [5.41, 5.74) is 0.702. The van der Waals surface area contributed by atoms with Crippen LogP contribution in [0.1, 0.15) is 25.1 Å². The second-order valence-electron chi connectivity index (χ2n) is 6.57. The van der Waals surface area contributed by atoms with Crippen molar-refractivity contribution in [3.05, 3.63) is 27.6 Å². The summed E-state index contributed by atoms with van der Waals surface area (Å²) >= 11 is 1.42. The summed E-state index contributed by atoms with van der Waals surface area (Å²) in [6, 6.07) is 2.10. The molecule has 2 aromatic rings. The molecule has 2 fully saturated rings. The Kier molecular flexibility index (Phi) is 4.19. The molecule has 2 aliphatic rings. The fourth-order valence-corrected chi connectivity index (χ4v) is 4.52. The third-order valence-corrected chi connectivity index (χ3v) is 5.83. The van der Waals surface area contributed by atoms with Crippen molar-refractivity contribution in [3.8, 4) is 0 Å². The molecular formula is C16H22N4O2S. The third kappa shape index (κ3) is 3.06. The molecule has 0 amide bonds. The van der Waals surface area contributed by atoms with Gasteiger partial charge in [-0.3, -0.25) is 14.6 Å². The number of aromatic nitrogens is 2. The van der Waals surface area contributed by atoms with E-state index >= 15 is 0 Å². The summed E-state index contributed by atoms with van der Waals surface area (Å²) in [5, 5.41) is 12.3. The summed E-state index contributed by atoms with van der Waals surface area (Å²) < 4.78 is 0.682. The van der Waals surface area contributed by atoms with E-state index in [2.05, 4.69) is 19.8 Å². The molecule has 4 rings (SSSR count). The molecular weight excluding hydrogens is 312 g/mol. The lowest BCUT2D eigenvalue weighted by atomic mass is 10.1. The van der Waals surface area contributed by atoms with E-state index in [1.165, 1.54) is 30.6 Å². The van der Waals surface area contributed by atoms with Crippen molar-refractivity contribution in [2.24, 2.45) is 0 Å². The van der Waals surface area contributed by atoms with E-state index in [4.69, 9.17) is 0 Å². The molecule has 7 heteroatoms. The lowest BCUT2D eigenvalue weighted by molar-refractivity contribution is 0.0706. The highest BCUT2D eigenvalue weighted by atomic mass is 32.1. The number of rotatable bonds is 3. The second-order valence-corrected chi connectivity index (χ2v) is 7.49. The number of aromatic amines is 1. The molecule has 124 valence electrons. The Morgan fingerprint density at radius 2 is 2.13 bits per heavy atom. The molecule has 2 saturated heterocycles. The number of hydrogen-bond donors (Lipinski definition) is 2. The Bertz CT molecular complexity index is 737. The second kappa shape index (κ2) is 6.32.